The molecule has 0 saturated heterocycles. The van der Waals surface area contributed by atoms with Crippen LogP contribution in [-0.2, 0) is 36.1 Å². The van der Waals surface area contributed by atoms with E-state index in [9.17, 15) is 0 Å². The summed E-state index contributed by atoms with van der Waals surface area (Å²) in [5.41, 5.74) is 17.5. The molecule has 2 heterocycles. The molecule has 0 bridgehead atoms. The summed E-state index contributed by atoms with van der Waals surface area (Å²) in [5, 5.41) is 0. The van der Waals surface area contributed by atoms with E-state index in [1.807, 2.05) is 0 Å². The number of allylic oxidation sites excluding steroid dienone is 2. The number of fused-ring (bicyclic) bond motifs is 2. The maximum absolute atomic E-state index is 2.47. The molecule has 0 saturated carbocycles. The van der Waals surface area contributed by atoms with Crippen LogP contribution in [0.15, 0.2) is 134 Å². The molecule has 232 valence electrons. The smallest absolute Gasteiger partial charge is 0.0238 e. The summed E-state index contributed by atoms with van der Waals surface area (Å²) in [6.07, 6.45) is 16.1. The van der Waals surface area contributed by atoms with E-state index in [-0.39, 0.29) is 0 Å². The number of hydrogen-bond donors (Lipinski definition) is 0. The van der Waals surface area contributed by atoms with Crippen LogP contribution in [0, 0.1) is 27.7 Å². The van der Waals surface area contributed by atoms with Crippen LogP contribution in [-0.4, -0.2) is 9.13 Å². The van der Waals surface area contributed by atoms with Crippen molar-refractivity contribution in [2.75, 3.05) is 0 Å². The third-order valence-corrected chi connectivity index (χ3v) is 14.2. The quantitative estimate of drug-likeness (QED) is 0.158. The van der Waals surface area contributed by atoms with Crippen LogP contribution in [0.4, 0.5) is 0 Å². The summed E-state index contributed by atoms with van der Waals surface area (Å²) in [7, 11) is 0. The first-order valence-electron chi connectivity index (χ1n) is 16.7. The molecular formula is C44H42N2Zr. The minimum atomic E-state index is -1.03. The molecule has 3 heteroatoms. The summed E-state index contributed by atoms with van der Waals surface area (Å²) in [6, 6.07) is 39.1. The zero-order valence-electron chi connectivity index (χ0n) is 27.8. The van der Waals surface area contributed by atoms with Gasteiger partial charge in [0.05, 0.1) is 0 Å². The molecule has 0 aliphatic heterocycles. The van der Waals surface area contributed by atoms with E-state index in [2.05, 4.69) is 183 Å². The van der Waals surface area contributed by atoms with Gasteiger partial charge in [-0.25, -0.2) is 0 Å². The first-order chi connectivity index (χ1) is 23.0. The van der Waals surface area contributed by atoms with Crippen molar-refractivity contribution in [1.29, 1.82) is 0 Å². The molecule has 2 aromatic heterocycles. The van der Waals surface area contributed by atoms with Gasteiger partial charge >= 0.3 is 209 Å². The van der Waals surface area contributed by atoms with Gasteiger partial charge in [-0.1, -0.05) is 60.7 Å². The van der Waals surface area contributed by atoms with Gasteiger partial charge < -0.3 is 0 Å². The van der Waals surface area contributed by atoms with E-state index < -0.39 is 23.2 Å². The van der Waals surface area contributed by atoms with Gasteiger partial charge in [0.1, 0.15) is 0 Å². The third-order valence-electron chi connectivity index (χ3n) is 9.73. The van der Waals surface area contributed by atoms with Crippen molar-refractivity contribution in [2.45, 2.75) is 47.8 Å². The molecule has 0 amide bonds. The fraction of sp³-hybridized carbons (Fsp3) is 0.182. The Balaban J connectivity index is 0.000000210. The van der Waals surface area contributed by atoms with Crippen LogP contribution in [0.25, 0.3) is 23.5 Å². The summed E-state index contributed by atoms with van der Waals surface area (Å²) in [5.74, 6) is 0. The SMILES string of the molecule is Cc1ccc(C)c2c1C=C(n1cccc1)[CH]2[Zr][CH]1C(n2cccc2)=Cc2c(C)ccc(C)c21.c1ccc(CCc2ccccc2)cc1. The van der Waals surface area contributed by atoms with Gasteiger partial charge in [-0.2, -0.15) is 0 Å². The minimum absolute atomic E-state index is 0.519. The molecular weight excluding hydrogens is 648 g/mol. The predicted octanol–water partition coefficient (Wildman–Crippen LogP) is 10.9. The van der Waals surface area contributed by atoms with Gasteiger partial charge in [0.15, 0.2) is 0 Å². The van der Waals surface area contributed by atoms with Crippen LogP contribution in [0.1, 0.15) is 62.9 Å². The Morgan fingerprint density at radius 1 is 0.447 bits per heavy atom. The average molecular weight is 690 g/mol. The van der Waals surface area contributed by atoms with E-state index in [4.69, 9.17) is 0 Å². The predicted molar refractivity (Wildman–Crippen MR) is 195 cm³/mol. The molecule has 0 fully saturated rings. The summed E-state index contributed by atoms with van der Waals surface area (Å²) >= 11 is -1.03. The summed E-state index contributed by atoms with van der Waals surface area (Å²) < 4.78 is 5.77. The van der Waals surface area contributed by atoms with Crippen molar-refractivity contribution >= 4 is 23.5 Å². The molecule has 0 spiro atoms. The fourth-order valence-corrected chi connectivity index (χ4v) is 12.7. The van der Waals surface area contributed by atoms with Gasteiger partial charge in [0, 0.05) is 0 Å². The van der Waals surface area contributed by atoms with Crippen LogP contribution in [0.5, 0.6) is 0 Å². The molecule has 2 nitrogen and oxygen atoms in total. The Hall–Kier alpha value is -4.20. The number of nitrogens with zero attached hydrogens (tertiary/aromatic N) is 2. The number of rotatable bonds is 7. The van der Waals surface area contributed by atoms with Crippen molar-refractivity contribution in [1.82, 2.24) is 9.13 Å². The molecule has 2 unspecified atom stereocenters. The Morgan fingerprint density at radius 3 is 1.19 bits per heavy atom. The molecule has 0 radical (unpaired) electrons. The van der Waals surface area contributed by atoms with E-state index in [0.29, 0.717) is 7.25 Å². The average Bonchev–Trinajstić information content (AvgIpc) is 3.92. The summed E-state index contributed by atoms with van der Waals surface area (Å²) in [4.78, 5) is 0. The second kappa shape index (κ2) is 13.9. The molecule has 4 aromatic carbocycles. The molecule has 2 aliphatic carbocycles. The maximum atomic E-state index is 2.47. The second-order valence-electron chi connectivity index (χ2n) is 12.9. The third kappa shape index (κ3) is 6.52. The molecule has 6 aromatic rings. The first-order valence-corrected chi connectivity index (χ1v) is 19.6. The van der Waals surface area contributed by atoms with Gasteiger partial charge in [0.2, 0.25) is 0 Å². The van der Waals surface area contributed by atoms with Crippen LogP contribution in [0.2, 0.25) is 0 Å². The summed E-state index contributed by atoms with van der Waals surface area (Å²) in [6.45, 7) is 9.13. The van der Waals surface area contributed by atoms with E-state index >= 15 is 0 Å². The monoisotopic (exact) mass is 688 g/mol. The van der Waals surface area contributed by atoms with E-state index in [0.717, 1.165) is 12.8 Å². The maximum Gasteiger partial charge on any atom is -0.0238 e. The zero-order valence-corrected chi connectivity index (χ0v) is 30.3. The van der Waals surface area contributed by atoms with Crippen molar-refractivity contribution in [3.8, 4) is 0 Å². The Bertz CT molecular complexity index is 1880. The van der Waals surface area contributed by atoms with Gasteiger partial charge in [0.25, 0.3) is 0 Å². The normalized spacial score (nSPS) is 16.1. The van der Waals surface area contributed by atoms with Gasteiger partial charge in [-0.3, -0.25) is 0 Å². The Morgan fingerprint density at radius 2 is 0.809 bits per heavy atom. The Kier molecular flexibility index (Phi) is 9.28. The van der Waals surface area contributed by atoms with Crippen LogP contribution in [0.3, 0.4) is 0 Å². The van der Waals surface area contributed by atoms with E-state index in [1.165, 1.54) is 55.9 Å². The zero-order chi connectivity index (χ0) is 32.3. The largest absolute Gasteiger partial charge is 0.0622 e. The first kappa shape index (κ1) is 31.4. The van der Waals surface area contributed by atoms with Crippen molar-refractivity contribution < 1.29 is 23.2 Å². The molecule has 2 aliphatic rings. The second-order valence-corrected chi connectivity index (χ2v) is 16.5. The van der Waals surface area contributed by atoms with Crippen molar-refractivity contribution in [3.05, 3.63) is 190 Å². The van der Waals surface area contributed by atoms with Crippen molar-refractivity contribution in [2.24, 2.45) is 0 Å². The fourth-order valence-electron chi connectivity index (χ4n) is 7.16. The van der Waals surface area contributed by atoms with Crippen LogP contribution >= 0.6 is 0 Å². The molecule has 0 N–H and O–H groups in total. The van der Waals surface area contributed by atoms with Crippen LogP contribution < -0.4 is 0 Å². The topological polar surface area (TPSA) is 9.86 Å². The van der Waals surface area contributed by atoms with Gasteiger partial charge in [-0.05, 0) is 24.0 Å². The van der Waals surface area contributed by atoms with Crippen molar-refractivity contribution in [3.63, 3.8) is 0 Å². The number of hydrogen-bond acceptors (Lipinski definition) is 0. The Labute approximate surface area is 291 Å². The van der Waals surface area contributed by atoms with Gasteiger partial charge in [-0.15, -0.1) is 0 Å². The number of benzene rings is 4. The molecule has 47 heavy (non-hydrogen) atoms. The number of aromatic nitrogens is 2. The molecule has 8 rings (SSSR count). The number of aryl methyl sites for hydroxylation is 6. The standard InChI is InChI=1S/2C15H14N.C14H14.Zr/c2*1-11-5-6-12(2)15-10-13(9-14(11)15)16-7-3-4-8-16;1-3-7-13(8-4-1)11-12-14-9-5-2-6-10-14;/h2*3-10H,1-2H3;1-10H,11-12H2;. The molecule has 2 atom stereocenters. The minimum Gasteiger partial charge on any atom is -0.0622 e. The van der Waals surface area contributed by atoms with E-state index in [1.54, 1.807) is 11.1 Å².